The lowest BCUT2D eigenvalue weighted by atomic mass is 10.1. The predicted octanol–water partition coefficient (Wildman–Crippen LogP) is 5.33. The number of benzene rings is 2. The highest BCUT2D eigenvalue weighted by Crippen LogP contribution is 2.37. The zero-order valence-electron chi connectivity index (χ0n) is 18.7. The van der Waals surface area contributed by atoms with Crippen LogP contribution in [0.25, 0.3) is 16.6 Å². The van der Waals surface area contributed by atoms with E-state index in [9.17, 15) is 17.6 Å². The van der Waals surface area contributed by atoms with Gasteiger partial charge in [0.15, 0.2) is 0 Å². The van der Waals surface area contributed by atoms with E-state index in [-0.39, 0.29) is 5.82 Å². The first-order chi connectivity index (χ1) is 16.3. The highest BCUT2D eigenvalue weighted by atomic mass is 32.1. The van der Waals surface area contributed by atoms with E-state index in [4.69, 9.17) is 12.2 Å². The Hall–Kier alpha value is -2.65. The average molecular weight is 491 g/mol. The molecule has 2 fully saturated rings. The molecule has 2 aliphatic heterocycles. The minimum atomic E-state index is -4.42. The quantitative estimate of drug-likeness (QED) is 0.354. The Balaban J connectivity index is 1.39. The number of anilines is 1. The number of piperazine rings is 1. The summed E-state index contributed by atoms with van der Waals surface area (Å²) in [7, 11) is 0. The average Bonchev–Trinajstić information content (AvgIpc) is 3.41. The molecule has 0 unspecified atom stereocenters. The molecule has 0 saturated carbocycles. The Labute approximate surface area is 201 Å². The van der Waals surface area contributed by atoms with E-state index in [1.165, 1.54) is 24.3 Å². The molecule has 2 aromatic carbocycles. The molecule has 0 bridgehead atoms. The molecule has 0 radical (unpaired) electrons. The zero-order chi connectivity index (χ0) is 23.9. The van der Waals surface area contributed by atoms with Crippen molar-refractivity contribution in [2.75, 3.05) is 50.7 Å². The van der Waals surface area contributed by atoms with Gasteiger partial charge in [0.1, 0.15) is 5.82 Å². The number of thiocarbonyl (C=S) groups is 1. The van der Waals surface area contributed by atoms with Gasteiger partial charge in [-0.2, -0.15) is 13.2 Å². The van der Waals surface area contributed by atoms with E-state index < -0.39 is 11.7 Å². The maximum absolute atomic E-state index is 13.5. The van der Waals surface area contributed by atoms with Gasteiger partial charge in [-0.05, 0) is 55.3 Å². The van der Waals surface area contributed by atoms with Crippen LogP contribution in [0.4, 0.5) is 23.2 Å². The van der Waals surface area contributed by atoms with Crippen molar-refractivity contribution in [1.29, 1.82) is 0 Å². The van der Waals surface area contributed by atoms with Gasteiger partial charge in [0.05, 0.1) is 21.8 Å². The smallest absolute Gasteiger partial charge is 0.367 e. The highest BCUT2D eigenvalue weighted by Gasteiger charge is 2.32. The van der Waals surface area contributed by atoms with Crippen molar-refractivity contribution >= 4 is 33.8 Å². The summed E-state index contributed by atoms with van der Waals surface area (Å²) in [6.07, 6.45) is -0.416. The first-order valence-corrected chi connectivity index (χ1v) is 11.9. The summed E-state index contributed by atoms with van der Waals surface area (Å²) in [5.74, 6) is -0.356. The van der Waals surface area contributed by atoms with Crippen molar-refractivity contribution in [2.45, 2.75) is 19.0 Å². The number of nitrogens with zero attached hydrogens (tertiary/aromatic N) is 4. The van der Waals surface area contributed by atoms with Crippen LogP contribution in [0.1, 0.15) is 18.4 Å². The molecule has 3 aromatic rings. The largest absolute Gasteiger partial charge is 0.416 e. The van der Waals surface area contributed by atoms with Gasteiger partial charge in [0.25, 0.3) is 0 Å². The van der Waals surface area contributed by atoms with Crippen LogP contribution in [0, 0.1) is 5.82 Å². The van der Waals surface area contributed by atoms with Crippen molar-refractivity contribution < 1.29 is 17.6 Å². The fourth-order valence-electron chi connectivity index (χ4n) is 4.87. The molecule has 34 heavy (non-hydrogen) atoms. The molecule has 0 amide bonds. The molecule has 4 nitrogen and oxygen atoms in total. The first-order valence-electron chi connectivity index (χ1n) is 11.5. The van der Waals surface area contributed by atoms with Crippen molar-refractivity contribution in [3.8, 4) is 5.69 Å². The number of hydrogen-bond donors (Lipinski definition) is 0. The SMILES string of the molecule is Fc1ccc(-n2cc(N3CCN(CCN4CCCC4=S)CC3)c3cc(C(F)(F)F)ccc32)cc1. The second-order valence-electron chi connectivity index (χ2n) is 8.90. The number of halogens is 4. The maximum Gasteiger partial charge on any atom is 0.416 e. The Kier molecular flexibility index (Phi) is 6.24. The standard InChI is InChI=1S/C25H26F4N4S/c26-19-4-6-20(7-5-19)33-17-23(21-16-18(25(27,28)29)3-8-22(21)33)31-13-10-30(11-14-31)12-15-32-9-1-2-24(32)34/h3-8,16-17H,1-2,9-15H2. The Morgan fingerprint density at radius 3 is 2.26 bits per heavy atom. The number of hydrogen-bond acceptors (Lipinski definition) is 3. The van der Waals surface area contributed by atoms with Gasteiger partial charge in [-0.1, -0.05) is 12.2 Å². The summed E-state index contributed by atoms with van der Waals surface area (Å²) in [4.78, 5) is 7.86. The van der Waals surface area contributed by atoms with Crippen LogP contribution >= 0.6 is 12.2 Å². The molecule has 2 saturated heterocycles. The normalized spacial score (nSPS) is 17.8. The number of alkyl halides is 3. The maximum atomic E-state index is 13.5. The molecule has 5 rings (SSSR count). The van der Waals surface area contributed by atoms with Crippen LogP contribution < -0.4 is 4.90 Å². The molecule has 180 valence electrons. The van der Waals surface area contributed by atoms with Gasteiger partial charge < -0.3 is 14.4 Å². The third-order valence-electron chi connectivity index (χ3n) is 6.79. The van der Waals surface area contributed by atoms with Crippen LogP contribution in [0.5, 0.6) is 0 Å². The topological polar surface area (TPSA) is 14.7 Å². The van der Waals surface area contributed by atoms with E-state index in [0.29, 0.717) is 16.6 Å². The summed E-state index contributed by atoms with van der Waals surface area (Å²) in [5, 5.41) is 0.551. The third-order valence-corrected chi connectivity index (χ3v) is 7.25. The summed E-state index contributed by atoms with van der Waals surface area (Å²) >= 11 is 5.42. The zero-order valence-corrected chi connectivity index (χ0v) is 19.5. The molecule has 9 heteroatoms. The minimum Gasteiger partial charge on any atom is -0.367 e. The van der Waals surface area contributed by atoms with Gasteiger partial charge in [-0.15, -0.1) is 0 Å². The third kappa shape index (κ3) is 4.63. The van der Waals surface area contributed by atoms with E-state index >= 15 is 0 Å². The Morgan fingerprint density at radius 1 is 0.882 bits per heavy atom. The van der Waals surface area contributed by atoms with Gasteiger partial charge in [-0.3, -0.25) is 4.90 Å². The lowest BCUT2D eigenvalue weighted by molar-refractivity contribution is -0.137. The summed E-state index contributed by atoms with van der Waals surface area (Å²) in [6, 6.07) is 9.82. The van der Waals surface area contributed by atoms with Crippen molar-refractivity contribution in [1.82, 2.24) is 14.4 Å². The number of rotatable bonds is 5. The molecule has 2 aliphatic rings. The van der Waals surface area contributed by atoms with Crippen LogP contribution in [-0.4, -0.2) is 65.2 Å². The second kappa shape index (κ2) is 9.19. The molecular weight excluding hydrogens is 464 g/mol. The molecule has 0 N–H and O–H groups in total. The molecule has 0 spiro atoms. The summed E-state index contributed by atoms with van der Waals surface area (Å²) in [5.41, 5.74) is 1.47. The second-order valence-corrected chi connectivity index (χ2v) is 9.37. The highest BCUT2D eigenvalue weighted by molar-refractivity contribution is 7.80. The van der Waals surface area contributed by atoms with Gasteiger partial charge in [0.2, 0.25) is 0 Å². The Morgan fingerprint density at radius 2 is 1.62 bits per heavy atom. The summed E-state index contributed by atoms with van der Waals surface area (Å²) < 4.78 is 55.7. The van der Waals surface area contributed by atoms with Gasteiger partial charge >= 0.3 is 6.18 Å². The Bertz CT molecular complexity index is 1180. The number of likely N-dealkylation sites (tertiary alicyclic amines) is 1. The van der Waals surface area contributed by atoms with E-state index in [0.717, 1.165) is 75.4 Å². The lowest BCUT2D eigenvalue weighted by Gasteiger charge is -2.36. The van der Waals surface area contributed by atoms with Gasteiger partial charge in [-0.25, -0.2) is 4.39 Å². The van der Waals surface area contributed by atoms with E-state index in [1.54, 1.807) is 12.1 Å². The fraction of sp³-hybridized carbons (Fsp3) is 0.400. The summed E-state index contributed by atoms with van der Waals surface area (Å²) in [6.45, 7) is 6.02. The molecule has 0 atom stereocenters. The number of fused-ring (bicyclic) bond motifs is 1. The van der Waals surface area contributed by atoms with Crippen molar-refractivity contribution in [2.24, 2.45) is 0 Å². The fourth-order valence-corrected chi connectivity index (χ4v) is 5.20. The van der Waals surface area contributed by atoms with E-state index in [1.807, 2.05) is 10.8 Å². The van der Waals surface area contributed by atoms with Gasteiger partial charge in [0, 0.05) is 63.1 Å². The predicted molar refractivity (Wildman–Crippen MR) is 130 cm³/mol. The van der Waals surface area contributed by atoms with Crippen LogP contribution in [-0.2, 0) is 6.18 Å². The number of aromatic nitrogens is 1. The molecular formula is C25H26F4N4S. The lowest BCUT2D eigenvalue weighted by Crippen LogP contribution is -2.48. The minimum absolute atomic E-state index is 0.356. The monoisotopic (exact) mass is 490 g/mol. The van der Waals surface area contributed by atoms with Crippen molar-refractivity contribution in [3.05, 3.63) is 60.0 Å². The molecule has 1 aromatic heterocycles. The molecule has 3 heterocycles. The molecule has 0 aliphatic carbocycles. The van der Waals surface area contributed by atoms with Crippen LogP contribution in [0.2, 0.25) is 0 Å². The first kappa shape index (κ1) is 23.1. The van der Waals surface area contributed by atoms with Crippen molar-refractivity contribution in [3.63, 3.8) is 0 Å². The van der Waals surface area contributed by atoms with E-state index in [2.05, 4.69) is 14.7 Å². The van der Waals surface area contributed by atoms with Crippen LogP contribution in [0.15, 0.2) is 48.7 Å². The van der Waals surface area contributed by atoms with Crippen LogP contribution in [0.3, 0.4) is 0 Å².